The summed E-state index contributed by atoms with van der Waals surface area (Å²) in [6, 6.07) is 3.20. The van der Waals surface area contributed by atoms with E-state index < -0.39 is 0 Å². The third-order valence-electron chi connectivity index (χ3n) is 2.85. The van der Waals surface area contributed by atoms with Gasteiger partial charge in [0.15, 0.2) is 0 Å². The van der Waals surface area contributed by atoms with Gasteiger partial charge in [-0.15, -0.1) is 0 Å². The molecular weight excluding hydrogens is 209 g/mol. The van der Waals surface area contributed by atoms with Crippen molar-refractivity contribution in [1.82, 2.24) is 5.32 Å². The van der Waals surface area contributed by atoms with Gasteiger partial charge >= 0.3 is 0 Å². The van der Waals surface area contributed by atoms with Gasteiger partial charge in [-0.25, -0.2) is 4.39 Å². The average Bonchev–Trinajstić information content (AvgIpc) is 2.33. The lowest BCUT2D eigenvalue weighted by atomic mass is 10.0. The maximum atomic E-state index is 13.4. The molecule has 88 valence electrons. The topological polar surface area (TPSA) is 30.5 Å². The van der Waals surface area contributed by atoms with Gasteiger partial charge < -0.3 is 14.8 Å². The molecule has 0 amide bonds. The summed E-state index contributed by atoms with van der Waals surface area (Å²) in [5.41, 5.74) is 1.45. The molecule has 0 radical (unpaired) electrons. The highest BCUT2D eigenvalue weighted by atomic mass is 19.1. The van der Waals surface area contributed by atoms with Crippen molar-refractivity contribution in [3.05, 3.63) is 29.1 Å². The van der Waals surface area contributed by atoms with E-state index in [0.717, 1.165) is 18.7 Å². The second-order valence-electron chi connectivity index (χ2n) is 3.86. The summed E-state index contributed by atoms with van der Waals surface area (Å²) in [5.74, 6) is 0.345. The maximum absolute atomic E-state index is 13.4. The minimum Gasteiger partial charge on any atom is -0.496 e. The fourth-order valence-corrected chi connectivity index (χ4v) is 1.98. The van der Waals surface area contributed by atoms with Crippen LogP contribution in [0.5, 0.6) is 5.75 Å². The van der Waals surface area contributed by atoms with E-state index >= 15 is 0 Å². The van der Waals surface area contributed by atoms with Crippen molar-refractivity contribution in [2.24, 2.45) is 0 Å². The first-order chi connectivity index (χ1) is 7.74. The van der Waals surface area contributed by atoms with Crippen LogP contribution in [0.3, 0.4) is 0 Å². The van der Waals surface area contributed by atoms with Crippen LogP contribution in [0.1, 0.15) is 17.2 Å². The minimum absolute atomic E-state index is 0.0528. The minimum atomic E-state index is -0.246. The number of methoxy groups -OCH3 is 1. The second kappa shape index (κ2) is 4.80. The first kappa shape index (κ1) is 11.4. The zero-order valence-electron chi connectivity index (χ0n) is 9.55. The number of morpholine rings is 1. The summed E-state index contributed by atoms with van der Waals surface area (Å²) in [6.07, 6.45) is -0.0528. The summed E-state index contributed by atoms with van der Waals surface area (Å²) in [7, 11) is 1.56. The fourth-order valence-electron chi connectivity index (χ4n) is 1.98. The van der Waals surface area contributed by atoms with Crippen molar-refractivity contribution in [3.63, 3.8) is 0 Å². The van der Waals surface area contributed by atoms with Gasteiger partial charge in [0.25, 0.3) is 0 Å². The van der Waals surface area contributed by atoms with Crippen molar-refractivity contribution in [3.8, 4) is 5.75 Å². The number of nitrogens with one attached hydrogen (secondary N) is 1. The molecule has 0 saturated carbocycles. The lowest BCUT2D eigenvalue weighted by Gasteiger charge is -2.26. The molecule has 3 nitrogen and oxygen atoms in total. The highest BCUT2D eigenvalue weighted by Gasteiger charge is 2.21. The van der Waals surface area contributed by atoms with Gasteiger partial charge in [-0.2, -0.15) is 0 Å². The molecule has 2 rings (SSSR count). The smallest absolute Gasteiger partial charge is 0.130 e. The van der Waals surface area contributed by atoms with Gasteiger partial charge in [0.2, 0.25) is 0 Å². The van der Waals surface area contributed by atoms with Crippen LogP contribution in [0.15, 0.2) is 12.1 Å². The Morgan fingerprint density at radius 2 is 2.31 bits per heavy atom. The van der Waals surface area contributed by atoms with Crippen LogP contribution in [-0.2, 0) is 4.74 Å². The number of halogens is 1. The first-order valence-corrected chi connectivity index (χ1v) is 5.39. The molecule has 0 bridgehead atoms. The van der Waals surface area contributed by atoms with Gasteiger partial charge in [-0.05, 0) is 19.1 Å². The van der Waals surface area contributed by atoms with Gasteiger partial charge in [-0.3, -0.25) is 0 Å². The standard InChI is InChI=1S/C12H16FNO2/c1-8-10(13)4-3-9(12(8)15-2)11-7-14-5-6-16-11/h3-4,11,14H,5-7H2,1-2H3. The van der Waals surface area contributed by atoms with E-state index in [1.54, 1.807) is 20.1 Å². The van der Waals surface area contributed by atoms with E-state index in [-0.39, 0.29) is 11.9 Å². The van der Waals surface area contributed by atoms with Crippen LogP contribution < -0.4 is 10.1 Å². The van der Waals surface area contributed by atoms with Crippen molar-refractivity contribution < 1.29 is 13.9 Å². The highest BCUT2D eigenvalue weighted by molar-refractivity contribution is 5.43. The molecule has 1 heterocycles. The van der Waals surface area contributed by atoms with Crippen molar-refractivity contribution in [1.29, 1.82) is 0 Å². The molecule has 1 saturated heterocycles. The van der Waals surface area contributed by atoms with Gasteiger partial charge in [-0.1, -0.05) is 0 Å². The molecule has 1 aliphatic rings. The number of ether oxygens (including phenoxy) is 2. The zero-order valence-corrected chi connectivity index (χ0v) is 9.55. The van der Waals surface area contributed by atoms with E-state index in [1.165, 1.54) is 6.07 Å². The Morgan fingerprint density at radius 1 is 1.50 bits per heavy atom. The quantitative estimate of drug-likeness (QED) is 0.832. The Bertz CT molecular complexity index is 376. The molecule has 1 aromatic carbocycles. The van der Waals surface area contributed by atoms with Crippen LogP contribution in [0.4, 0.5) is 4.39 Å². The lowest BCUT2D eigenvalue weighted by molar-refractivity contribution is 0.0261. The predicted octanol–water partition coefficient (Wildman–Crippen LogP) is 1.80. The number of benzene rings is 1. The Morgan fingerprint density at radius 3 is 2.94 bits per heavy atom. The summed E-state index contributed by atoms with van der Waals surface area (Å²) in [5, 5.41) is 3.24. The van der Waals surface area contributed by atoms with Gasteiger partial charge in [0, 0.05) is 24.2 Å². The molecule has 1 N–H and O–H groups in total. The van der Waals surface area contributed by atoms with E-state index in [4.69, 9.17) is 9.47 Å². The van der Waals surface area contributed by atoms with Gasteiger partial charge in [0.05, 0.1) is 19.8 Å². The normalized spacial score (nSPS) is 20.8. The Labute approximate surface area is 94.6 Å². The molecule has 4 heteroatoms. The van der Waals surface area contributed by atoms with Crippen molar-refractivity contribution >= 4 is 0 Å². The van der Waals surface area contributed by atoms with Crippen LogP contribution in [-0.4, -0.2) is 26.8 Å². The molecule has 0 aromatic heterocycles. The molecular formula is C12H16FNO2. The highest BCUT2D eigenvalue weighted by Crippen LogP contribution is 2.32. The molecule has 1 aliphatic heterocycles. The fraction of sp³-hybridized carbons (Fsp3) is 0.500. The molecule has 16 heavy (non-hydrogen) atoms. The predicted molar refractivity (Wildman–Crippen MR) is 59.3 cm³/mol. The monoisotopic (exact) mass is 225 g/mol. The maximum Gasteiger partial charge on any atom is 0.130 e. The Kier molecular flexibility index (Phi) is 3.41. The summed E-state index contributed by atoms with van der Waals surface area (Å²) in [4.78, 5) is 0. The molecule has 1 atom stereocenters. The van der Waals surface area contributed by atoms with Gasteiger partial charge in [0.1, 0.15) is 11.6 Å². The summed E-state index contributed by atoms with van der Waals surface area (Å²) < 4.78 is 24.3. The van der Waals surface area contributed by atoms with E-state index in [9.17, 15) is 4.39 Å². The van der Waals surface area contributed by atoms with Crippen LogP contribution >= 0.6 is 0 Å². The van der Waals surface area contributed by atoms with Crippen LogP contribution in [0.2, 0.25) is 0 Å². The largest absolute Gasteiger partial charge is 0.496 e. The SMILES string of the molecule is COc1c(C2CNCCO2)ccc(F)c1C. The average molecular weight is 225 g/mol. The Hall–Kier alpha value is -1.13. The third-order valence-corrected chi connectivity index (χ3v) is 2.85. The number of hydrogen-bond acceptors (Lipinski definition) is 3. The van der Waals surface area contributed by atoms with Crippen LogP contribution in [0.25, 0.3) is 0 Å². The second-order valence-corrected chi connectivity index (χ2v) is 3.86. The number of hydrogen-bond donors (Lipinski definition) is 1. The first-order valence-electron chi connectivity index (χ1n) is 5.39. The summed E-state index contributed by atoms with van der Waals surface area (Å²) >= 11 is 0. The number of rotatable bonds is 2. The molecule has 0 aliphatic carbocycles. The molecule has 0 spiro atoms. The molecule has 1 unspecified atom stereocenters. The van der Waals surface area contributed by atoms with Crippen LogP contribution in [0, 0.1) is 12.7 Å². The van der Waals surface area contributed by atoms with E-state index in [0.29, 0.717) is 17.9 Å². The lowest BCUT2D eigenvalue weighted by Crippen LogP contribution is -2.33. The zero-order chi connectivity index (χ0) is 11.5. The Balaban J connectivity index is 2.35. The van der Waals surface area contributed by atoms with E-state index in [1.807, 2.05) is 0 Å². The molecule has 1 aromatic rings. The summed E-state index contributed by atoms with van der Waals surface area (Å²) in [6.45, 7) is 3.98. The molecule has 1 fully saturated rings. The third kappa shape index (κ3) is 2.03. The van der Waals surface area contributed by atoms with Crippen molar-refractivity contribution in [2.45, 2.75) is 13.0 Å². The van der Waals surface area contributed by atoms with E-state index in [2.05, 4.69) is 5.32 Å². The van der Waals surface area contributed by atoms with Crippen molar-refractivity contribution in [2.75, 3.05) is 26.8 Å².